The Morgan fingerprint density at radius 3 is 2.95 bits per heavy atom. The van der Waals surface area contributed by atoms with E-state index in [4.69, 9.17) is 0 Å². The monoisotopic (exact) mass is 270 g/mol. The Morgan fingerprint density at radius 1 is 1.26 bits per heavy atom. The molecule has 19 heavy (non-hydrogen) atoms. The van der Waals surface area contributed by atoms with Gasteiger partial charge in [0.25, 0.3) is 0 Å². The zero-order valence-corrected chi connectivity index (χ0v) is 11.9. The third-order valence-corrected chi connectivity index (χ3v) is 4.85. The van der Waals surface area contributed by atoms with Crippen LogP contribution in [0.2, 0.25) is 0 Å². The van der Waals surface area contributed by atoms with E-state index in [-0.39, 0.29) is 0 Å². The summed E-state index contributed by atoms with van der Waals surface area (Å²) in [6.45, 7) is 3.19. The number of aromatic nitrogens is 1. The summed E-state index contributed by atoms with van der Waals surface area (Å²) in [4.78, 5) is 5.84. The number of hydrogen-bond acceptors (Lipinski definition) is 3. The molecule has 2 heterocycles. The molecule has 1 unspecified atom stereocenters. The molecule has 0 aliphatic carbocycles. The summed E-state index contributed by atoms with van der Waals surface area (Å²) < 4.78 is 0. The summed E-state index contributed by atoms with van der Waals surface area (Å²) in [5, 5.41) is 3.61. The maximum Gasteiger partial charge on any atom is 0.0570 e. The zero-order chi connectivity index (χ0) is 13.1. The fraction of sp³-hybridized carbons (Fsp3) is 0.312. The van der Waals surface area contributed by atoms with Gasteiger partial charge in [0.2, 0.25) is 0 Å². The first-order valence-electron chi connectivity index (χ1n) is 6.70. The summed E-state index contributed by atoms with van der Waals surface area (Å²) in [6.07, 6.45) is 1.86. The first-order chi connectivity index (χ1) is 9.34. The lowest BCUT2D eigenvalue weighted by molar-refractivity contribution is 0.531. The first-order valence-corrected chi connectivity index (χ1v) is 7.69. The lowest BCUT2D eigenvalue weighted by Crippen LogP contribution is -2.25. The summed E-state index contributed by atoms with van der Waals surface area (Å²) in [7, 11) is 0. The smallest absolute Gasteiger partial charge is 0.0570 e. The van der Waals surface area contributed by atoms with Crippen LogP contribution < -0.4 is 5.32 Å². The van der Waals surface area contributed by atoms with Crippen molar-refractivity contribution in [1.82, 2.24) is 10.3 Å². The molecule has 2 atom stereocenters. The zero-order valence-electron chi connectivity index (χ0n) is 11.0. The second kappa shape index (κ2) is 5.76. The van der Waals surface area contributed by atoms with E-state index < -0.39 is 0 Å². The molecule has 1 aliphatic rings. The summed E-state index contributed by atoms with van der Waals surface area (Å²) in [5.74, 6) is 1.80. The fourth-order valence-electron chi connectivity index (χ4n) is 2.45. The van der Waals surface area contributed by atoms with E-state index in [9.17, 15) is 0 Å². The molecule has 0 spiro atoms. The fourth-order valence-corrected chi connectivity index (χ4v) is 3.71. The predicted octanol–water partition coefficient (Wildman–Crippen LogP) is 3.62. The maximum atomic E-state index is 4.40. The Kier molecular flexibility index (Phi) is 3.85. The Bertz CT molecular complexity index is 541. The molecule has 3 rings (SSSR count). The van der Waals surface area contributed by atoms with Crippen molar-refractivity contribution in [3.63, 3.8) is 0 Å². The molecular weight excluding hydrogens is 252 g/mol. The molecule has 2 aromatic rings. The third-order valence-electron chi connectivity index (χ3n) is 3.60. The number of thioether (sulfide) groups is 1. The van der Waals surface area contributed by atoms with Crippen molar-refractivity contribution in [2.24, 2.45) is 0 Å². The molecule has 0 bridgehead atoms. The van der Waals surface area contributed by atoms with Gasteiger partial charge in [-0.1, -0.05) is 24.3 Å². The van der Waals surface area contributed by atoms with Crippen molar-refractivity contribution in [3.05, 3.63) is 59.9 Å². The molecule has 0 radical (unpaired) electrons. The third kappa shape index (κ3) is 2.82. The molecule has 3 heteroatoms. The minimum Gasteiger partial charge on any atom is -0.308 e. The number of pyridine rings is 1. The summed E-state index contributed by atoms with van der Waals surface area (Å²) >= 11 is 1.97. The Morgan fingerprint density at radius 2 is 2.11 bits per heavy atom. The normalized spacial score (nSPS) is 19.1. The number of benzene rings is 1. The van der Waals surface area contributed by atoms with Gasteiger partial charge in [0.05, 0.1) is 5.69 Å². The van der Waals surface area contributed by atoms with Crippen LogP contribution in [-0.2, 0) is 0 Å². The summed E-state index contributed by atoms with van der Waals surface area (Å²) in [5.41, 5.74) is 2.61. The molecule has 0 saturated heterocycles. The molecular formula is C16H18N2S. The lowest BCUT2D eigenvalue weighted by atomic mass is 10.0. The number of rotatable bonds is 4. The van der Waals surface area contributed by atoms with Gasteiger partial charge in [-0.25, -0.2) is 0 Å². The molecule has 1 N–H and O–H groups in total. The van der Waals surface area contributed by atoms with Crippen molar-refractivity contribution < 1.29 is 0 Å². The average molecular weight is 270 g/mol. The second-order valence-corrected chi connectivity index (χ2v) is 5.99. The van der Waals surface area contributed by atoms with E-state index in [1.54, 1.807) is 0 Å². The topological polar surface area (TPSA) is 24.9 Å². The molecule has 1 aromatic carbocycles. The van der Waals surface area contributed by atoms with Crippen LogP contribution in [0.1, 0.15) is 30.1 Å². The minimum atomic E-state index is 0.305. The molecule has 2 nitrogen and oxygen atoms in total. The largest absolute Gasteiger partial charge is 0.308 e. The van der Waals surface area contributed by atoms with Crippen molar-refractivity contribution in [3.8, 4) is 0 Å². The van der Waals surface area contributed by atoms with Crippen molar-refractivity contribution in [1.29, 1.82) is 0 Å². The van der Waals surface area contributed by atoms with Gasteiger partial charge in [0.15, 0.2) is 0 Å². The first kappa shape index (κ1) is 12.7. The van der Waals surface area contributed by atoms with Crippen LogP contribution in [0.15, 0.2) is 53.6 Å². The Hall–Kier alpha value is -1.32. The van der Waals surface area contributed by atoms with Crippen LogP contribution >= 0.6 is 11.8 Å². The SMILES string of the molecule is C[C@@H](NCC1CSc2ccccc21)c1ccccn1. The van der Waals surface area contributed by atoms with E-state index in [0.29, 0.717) is 12.0 Å². The van der Waals surface area contributed by atoms with Crippen LogP contribution in [0.3, 0.4) is 0 Å². The van der Waals surface area contributed by atoms with Crippen LogP contribution in [0.25, 0.3) is 0 Å². The number of hydrogen-bond donors (Lipinski definition) is 1. The van der Waals surface area contributed by atoms with Crippen molar-refractivity contribution >= 4 is 11.8 Å². The van der Waals surface area contributed by atoms with Gasteiger partial charge in [-0.2, -0.15) is 0 Å². The number of nitrogens with zero attached hydrogens (tertiary/aromatic N) is 1. The van der Waals surface area contributed by atoms with E-state index in [1.165, 1.54) is 16.2 Å². The van der Waals surface area contributed by atoms with E-state index in [1.807, 2.05) is 30.1 Å². The lowest BCUT2D eigenvalue weighted by Gasteiger charge is -2.17. The maximum absolute atomic E-state index is 4.40. The van der Waals surface area contributed by atoms with Gasteiger partial charge in [-0.05, 0) is 30.7 Å². The van der Waals surface area contributed by atoms with E-state index in [0.717, 1.165) is 12.2 Å². The van der Waals surface area contributed by atoms with Gasteiger partial charge >= 0.3 is 0 Å². The molecule has 98 valence electrons. The molecule has 1 aliphatic heterocycles. The highest BCUT2D eigenvalue weighted by molar-refractivity contribution is 7.99. The van der Waals surface area contributed by atoms with Crippen LogP contribution in [0.5, 0.6) is 0 Å². The Labute approximate surface area is 118 Å². The average Bonchev–Trinajstić information content (AvgIpc) is 2.89. The highest BCUT2D eigenvalue weighted by Gasteiger charge is 2.22. The van der Waals surface area contributed by atoms with Gasteiger partial charge in [-0.3, -0.25) is 4.98 Å². The molecule has 0 amide bonds. The van der Waals surface area contributed by atoms with Crippen molar-refractivity contribution in [2.45, 2.75) is 23.8 Å². The molecule has 1 aromatic heterocycles. The van der Waals surface area contributed by atoms with E-state index in [2.05, 4.69) is 47.6 Å². The van der Waals surface area contributed by atoms with Gasteiger partial charge in [0.1, 0.15) is 0 Å². The highest BCUT2D eigenvalue weighted by atomic mass is 32.2. The highest BCUT2D eigenvalue weighted by Crippen LogP contribution is 2.38. The van der Waals surface area contributed by atoms with Crippen molar-refractivity contribution in [2.75, 3.05) is 12.3 Å². The van der Waals surface area contributed by atoms with Gasteiger partial charge in [-0.15, -0.1) is 11.8 Å². The number of nitrogens with one attached hydrogen (secondary N) is 1. The predicted molar refractivity (Wildman–Crippen MR) is 80.6 cm³/mol. The van der Waals surface area contributed by atoms with Gasteiger partial charge < -0.3 is 5.32 Å². The quantitative estimate of drug-likeness (QED) is 0.918. The number of fused-ring (bicyclic) bond motifs is 1. The minimum absolute atomic E-state index is 0.305. The Balaban J connectivity index is 1.62. The van der Waals surface area contributed by atoms with Crippen LogP contribution in [-0.4, -0.2) is 17.3 Å². The van der Waals surface area contributed by atoms with Crippen LogP contribution in [0, 0.1) is 0 Å². The molecule has 0 saturated carbocycles. The standard InChI is InChI=1S/C16H18N2S/c1-12(15-7-4-5-9-17-15)18-10-13-11-19-16-8-3-2-6-14(13)16/h2-9,12-13,18H,10-11H2,1H3/t12-,13?/m1/s1. The summed E-state index contributed by atoms with van der Waals surface area (Å²) in [6, 6.07) is 15.1. The van der Waals surface area contributed by atoms with Gasteiger partial charge in [0, 0.05) is 35.3 Å². The van der Waals surface area contributed by atoms with Crippen LogP contribution in [0.4, 0.5) is 0 Å². The second-order valence-electron chi connectivity index (χ2n) is 4.93. The molecule has 0 fully saturated rings. The van der Waals surface area contributed by atoms with E-state index >= 15 is 0 Å².